The highest BCUT2D eigenvalue weighted by Gasteiger charge is 2.34. The Kier molecular flexibility index (Phi) is 4.09. The van der Waals surface area contributed by atoms with Crippen molar-refractivity contribution in [3.05, 3.63) is 103 Å². The fourth-order valence-electron chi connectivity index (χ4n) is 4.11. The van der Waals surface area contributed by atoms with Gasteiger partial charge < -0.3 is 4.90 Å². The second-order valence-corrected chi connectivity index (χ2v) is 9.26. The van der Waals surface area contributed by atoms with E-state index < -0.39 is 0 Å². The minimum Gasteiger partial charge on any atom is -0.303 e. The lowest BCUT2D eigenvalue weighted by Crippen LogP contribution is -2.31. The number of amides is 1. The number of imidazole rings is 1. The predicted molar refractivity (Wildman–Crippen MR) is 126 cm³/mol. The van der Waals surface area contributed by atoms with Crippen molar-refractivity contribution in [3.8, 4) is 0 Å². The van der Waals surface area contributed by atoms with E-state index in [-0.39, 0.29) is 11.5 Å². The number of carbonyl (C=O) groups excluding carboxylic acids is 1. The molecule has 0 unspecified atom stereocenters. The molecule has 5 nitrogen and oxygen atoms in total. The van der Waals surface area contributed by atoms with Gasteiger partial charge in [0.1, 0.15) is 4.53 Å². The van der Waals surface area contributed by atoms with Crippen LogP contribution in [0.5, 0.6) is 0 Å². The number of anilines is 1. The van der Waals surface area contributed by atoms with Gasteiger partial charge in [0.25, 0.3) is 11.5 Å². The zero-order valence-electron chi connectivity index (χ0n) is 16.1. The van der Waals surface area contributed by atoms with Gasteiger partial charge in [-0.05, 0) is 35.9 Å². The number of benzene rings is 3. The summed E-state index contributed by atoms with van der Waals surface area (Å²) in [5.41, 5.74) is 4.37. The van der Waals surface area contributed by atoms with E-state index in [1.165, 1.54) is 11.3 Å². The normalized spacial score (nSPS) is 15.3. The first-order valence-corrected chi connectivity index (χ1v) is 11.3. The molecular formula is C24H14BrN3O2S. The van der Waals surface area contributed by atoms with E-state index in [0.717, 1.165) is 32.3 Å². The number of halogens is 1. The van der Waals surface area contributed by atoms with Crippen molar-refractivity contribution in [2.24, 2.45) is 0 Å². The Morgan fingerprint density at radius 1 is 0.935 bits per heavy atom. The summed E-state index contributed by atoms with van der Waals surface area (Å²) >= 11 is 4.78. The Hall–Kier alpha value is -3.29. The maximum atomic E-state index is 13.6. The van der Waals surface area contributed by atoms with Crippen molar-refractivity contribution in [1.29, 1.82) is 0 Å². The number of aromatic nitrogens is 2. The minimum atomic E-state index is -0.204. The van der Waals surface area contributed by atoms with Crippen molar-refractivity contribution >= 4 is 60.4 Å². The molecule has 31 heavy (non-hydrogen) atoms. The van der Waals surface area contributed by atoms with Crippen molar-refractivity contribution in [2.45, 2.75) is 6.54 Å². The molecule has 0 atom stereocenters. The number of nitrogens with zero attached hydrogens (tertiary/aromatic N) is 3. The molecule has 1 aliphatic heterocycles. The molecule has 0 saturated carbocycles. The van der Waals surface area contributed by atoms with Gasteiger partial charge >= 0.3 is 0 Å². The first-order valence-electron chi connectivity index (χ1n) is 9.72. The molecule has 0 radical (unpaired) electrons. The highest BCUT2D eigenvalue weighted by Crippen LogP contribution is 2.38. The number of fused-ring (bicyclic) bond motifs is 4. The lowest BCUT2D eigenvalue weighted by Gasteiger charge is -2.17. The van der Waals surface area contributed by atoms with E-state index in [0.29, 0.717) is 21.6 Å². The summed E-state index contributed by atoms with van der Waals surface area (Å²) in [6, 6.07) is 23.1. The van der Waals surface area contributed by atoms with Gasteiger partial charge in [-0.25, -0.2) is 9.38 Å². The van der Waals surface area contributed by atoms with Crippen LogP contribution in [0.3, 0.4) is 0 Å². The predicted octanol–water partition coefficient (Wildman–Crippen LogP) is 4.14. The van der Waals surface area contributed by atoms with Crippen molar-refractivity contribution in [2.75, 3.05) is 4.90 Å². The van der Waals surface area contributed by atoms with Crippen LogP contribution in [-0.2, 0) is 11.3 Å². The molecule has 6 rings (SSSR count). The van der Waals surface area contributed by atoms with Gasteiger partial charge in [0.05, 0.1) is 28.8 Å². The number of para-hydroxylation sites is 2. The monoisotopic (exact) mass is 487 g/mol. The molecule has 2 aromatic heterocycles. The summed E-state index contributed by atoms with van der Waals surface area (Å²) in [4.78, 5) is 34.0. The van der Waals surface area contributed by atoms with Gasteiger partial charge in [-0.1, -0.05) is 69.7 Å². The lowest BCUT2D eigenvalue weighted by molar-refractivity contribution is -0.113. The van der Waals surface area contributed by atoms with Crippen LogP contribution in [0.15, 0.2) is 82.1 Å². The highest BCUT2D eigenvalue weighted by molar-refractivity contribution is 9.10. The van der Waals surface area contributed by atoms with E-state index in [1.807, 2.05) is 72.8 Å². The summed E-state index contributed by atoms with van der Waals surface area (Å²) in [5.74, 6) is -0.164. The zero-order valence-corrected chi connectivity index (χ0v) is 18.5. The average molecular weight is 488 g/mol. The summed E-state index contributed by atoms with van der Waals surface area (Å²) < 4.78 is 2.89. The molecule has 0 spiro atoms. The number of rotatable bonds is 2. The number of hydrogen-bond acceptors (Lipinski definition) is 4. The Morgan fingerprint density at radius 2 is 1.71 bits per heavy atom. The van der Waals surface area contributed by atoms with E-state index in [9.17, 15) is 9.59 Å². The van der Waals surface area contributed by atoms with Crippen LogP contribution in [-0.4, -0.2) is 15.3 Å². The van der Waals surface area contributed by atoms with Crippen molar-refractivity contribution in [1.82, 2.24) is 9.38 Å². The van der Waals surface area contributed by atoms with Gasteiger partial charge in [-0.3, -0.25) is 9.59 Å². The standard InChI is InChI=1S/C24H14BrN3O2S/c25-15-10-11-18-16(12-15)20(22(29)27(18)13-14-6-2-1-3-7-14)21-23(30)28-19-9-5-4-8-17(19)26-24(28)31-21/h1-12H,13H2. The molecule has 3 aromatic carbocycles. The maximum Gasteiger partial charge on any atom is 0.275 e. The molecule has 150 valence electrons. The molecule has 0 bridgehead atoms. The molecule has 1 aliphatic rings. The van der Waals surface area contributed by atoms with E-state index in [4.69, 9.17) is 0 Å². The summed E-state index contributed by atoms with van der Waals surface area (Å²) in [5, 5.41) is 0. The van der Waals surface area contributed by atoms with Crippen molar-refractivity contribution < 1.29 is 4.79 Å². The minimum absolute atomic E-state index is 0.164. The summed E-state index contributed by atoms with van der Waals surface area (Å²) in [7, 11) is 0. The third kappa shape index (κ3) is 2.77. The first kappa shape index (κ1) is 18.5. The molecular weight excluding hydrogens is 474 g/mol. The van der Waals surface area contributed by atoms with Gasteiger partial charge in [0.15, 0.2) is 4.96 Å². The fraction of sp³-hybridized carbons (Fsp3) is 0.0417. The Morgan fingerprint density at radius 3 is 2.55 bits per heavy atom. The van der Waals surface area contributed by atoms with Crippen LogP contribution in [0.2, 0.25) is 0 Å². The summed E-state index contributed by atoms with van der Waals surface area (Å²) in [6.07, 6.45) is 0. The second kappa shape index (κ2) is 6.87. The van der Waals surface area contributed by atoms with Crippen LogP contribution < -0.4 is 15.0 Å². The summed E-state index contributed by atoms with van der Waals surface area (Å²) in [6.45, 7) is 0.442. The first-order chi connectivity index (χ1) is 15.1. The number of hydrogen-bond donors (Lipinski definition) is 0. The third-order valence-electron chi connectivity index (χ3n) is 5.51. The smallest absolute Gasteiger partial charge is 0.275 e. The maximum absolute atomic E-state index is 13.6. The molecule has 0 N–H and O–H groups in total. The van der Waals surface area contributed by atoms with E-state index in [2.05, 4.69) is 20.9 Å². The molecule has 3 heterocycles. The number of carbonyl (C=O) groups is 1. The van der Waals surface area contributed by atoms with Crippen LogP contribution in [0, 0.1) is 0 Å². The molecule has 1 amide bonds. The van der Waals surface area contributed by atoms with Gasteiger partial charge in [0, 0.05) is 10.0 Å². The van der Waals surface area contributed by atoms with Gasteiger partial charge in [-0.15, -0.1) is 0 Å². The molecule has 0 saturated heterocycles. The zero-order chi connectivity index (χ0) is 21.1. The number of thiazole rings is 1. The third-order valence-corrected chi connectivity index (χ3v) is 7.04. The SMILES string of the molecule is O=C1C(=c2sc3nc4ccccc4n3c2=O)c2cc(Br)ccc2N1Cc1ccccc1. The Labute approximate surface area is 189 Å². The largest absolute Gasteiger partial charge is 0.303 e. The quantitative estimate of drug-likeness (QED) is 0.376. The molecule has 0 fully saturated rings. The Balaban J connectivity index is 1.63. The van der Waals surface area contributed by atoms with Gasteiger partial charge in [-0.2, -0.15) is 0 Å². The Bertz CT molecular complexity index is 1620. The topological polar surface area (TPSA) is 54.7 Å². The van der Waals surface area contributed by atoms with Crippen molar-refractivity contribution in [3.63, 3.8) is 0 Å². The van der Waals surface area contributed by atoms with Crippen LogP contribution >= 0.6 is 27.3 Å². The van der Waals surface area contributed by atoms with Crippen LogP contribution in [0.25, 0.3) is 21.6 Å². The van der Waals surface area contributed by atoms with E-state index >= 15 is 0 Å². The van der Waals surface area contributed by atoms with Gasteiger partial charge in [0.2, 0.25) is 0 Å². The molecule has 5 aromatic rings. The average Bonchev–Trinajstić information content (AvgIpc) is 3.38. The molecule has 7 heteroatoms. The second-order valence-electron chi connectivity index (χ2n) is 7.37. The van der Waals surface area contributed by atoms with Crippen LogP contribution in [0.1, 0.15) is 11.1 Å². The lowest BCUT2D eigenvalue weighted by atomic mass is 10.1. The van der Waals surface area contributed by atoms with E-state index in [1.54, 1.807) is 9.30 Å². The van der Waals surface area contributed by atoms with Crippen LogP contribution in [0.4, 0.5) is 5.69 Å². The highest BCUT2D eigenvalue weighted by atomic mass is 79.9. The molecule has 0 aliphatic carbocycles. The fourth-order valence-corrected chi connectivity index (χ4v) is 5.55.